The van der Waals surface area contributed by atoms with E-state index in [9.17, 15) is 9.59 Å². The van der Waals surface area contributed by atoms with E-state index in [4.69, 9.17) is 0 Å². The van der Waals surface area contributed by atoms with Crippen LogP contribution in [0.1, 0.15) is 24.3 Å². The summed E-state index contributed by atoms with van der Waals surface area (Å²) in [6.45, 7) is 2.63. The molecule has 1 saturated carbocycles. The highest BCUT2D eigenvalue weighted by atomic mass is 32.2. The van der Waals surface area contributed by atoms with Gasteiger partial charge in [0.1, 0.15) is 0 Å². The van der Waals surface area contributed by atoms with Gasteiger partial charge in [-0.25, -0.2) is 0 Å². The van der Waals surface area contributed by atoms with Gasteiger partial charge in [0.25, 0.3) is 0 Å². The van der Waals surface area contributed by atoms with E-state index in [0.717, 1.165) is 12.2 Å². The highest BCUT2D eigenvalue weighted by molar-refractivity contribution is 7.99. The zero-order valence-corrected chi connectivity index (χ0v) is 16.8. The number of rotatable bonds is 6. The van der Waals surface area contributed by atoms with Crippen molar-refractivity contribution in [3.8, 4) is 0 Å². The summed E-state index contributed by atoms with van der Waals surface area (Å²) >= 11 is 1.72. The third-order valence-electron chi connectivity index (χ3n) is 5.61. The first kappa shape index (κ1) is 19.1. The van der Waals surface area contributed by atoms with Gasteiger partial charge < -0.3 is 9.80 Å². The van der Waals surface area contributed by atoms with E-state index in [1.54, 1.807) is 11.8 Å². The van der Waals surface area contributed by atoms with Crippen molar-refractivity contribution in [2.24, 2.45) is 5.92 Å². The maximum Gasteiger partial charge on any atom is 0.226 e. The molecular weight excluding hydrogens is 368 g/mol. The molecule has 0 unspecified atom stereocenters. The molecule has 28 heavy (non-hydrogen) atoms. The summed E-state index contributed by atoms with van der Waals surface area (Å²) in [5, 5.41) is 0. The molecule has 1 heterocycles. The minimum Gasteiger partial charge on any atom is -0.339 e. The van der Waals surface area contributed by atoms with Crippen molar-refractivity contribution in [2.45, 2.75) is 23.7 Å². The fraction of sp³-hybridized carbons (Fsp3) is 0.391. The number of amides is 2. The minimum absolute atomic E-state index is 0.131. The van der Waals surface area contributed by atoms with Crippen LogP contribution in [-0.4, -0.2) is 53.5 Å². The summed E-state index contributed by atoms with van der Waals surface area (Å²) in [6, 6.07) is 20.5. The van der Waals surface area contributed by atoms with Crippen LogP contribution in [0.5, 0.6) is 0 Å². The Labute approximate surface area is 170 Å². The number of nitrogens with zero attached hydrogens (tertiary/aromatic N) is 2. The van der Waals surface area contributed by atoms with Crippen LogP contribution in [0.3, 0.4) is 0 Å². The Morgan fingerprint density at radius 1 is 0.857 bits per heavy atom. The Bertz CT molecular complexity index is 804. The molecule has 0 radical (unpaired) electrons. The number of hydrogen-bond acceptors (Lipinski definition) is 3. The molecule has 2 aliphatic rings. The molecule has 4 rings (SSSR count). The van der Waals surface area contributed by atoms with E-state index in [2.05, 4.69) is 24.3 Å². The molecular formula is C23H26N2O2S. The van der Waals surface area contributed by atoms with E-state index in [1.807, 2.05) is 46.2 Å². The van der Waals surface area contributed by atoms with E-state index in [1.165, 1.54) is 10.5 Å². The Morgan fingerprint density at radius 2 is 1.46 bits per heavy atom. The molecule has 5 heteroatoms. The summed E-state index contributed by atoms with van der Waals surface area (Å²) in [6.07, 6.45) is 1.50. The second kappa shape index (κ2) is 8.82. The third-order valence-corrected chi connectivity index (χ3v) is 6.62. The highest BCUT2D eigenvalue weighted by Gasteiger charge is 2.46. The molecule has 2 fully saturated rings. The van der Waals surface area contributed by atoms with E-state index in [-0.39, 0.29) is 17.7 Å². The van der Waals surface area contributed by atoms with Gasteiger partial charge in [-0.15, -0.1) is 11.8 Å². The van der Waals surface area contributed by atoms with Gasteiger partial charge in [0, 0.05) is 49.2 Å². The van der Waals surface area contributed by atoms with Crippen molar-refractivity contribution >= 4 is 23.6 Å². The molecule has 2 aromatic rings. The number of piperazine rings is 1. The quantitative estimate of drug-likeness (QED) is 0.703. The number of carbonyl (C=O) groups is 2. The maximum atomic E-state index is 12.8. The number of carbonyl (C=O) groups excluding carboxylic acids is 2. The van der Waals surface area contributed by atoms with Gasteiger partial charge in [-0.3, -0.25) is 9.59 Å². The van der Waals surface area contributed by atoms with Crippen molar-refractivity contribution in [3.05, 3.63) is 66.2 Å². The van der Waals surface area contributed by atoms with Crippen LogP contribution in [0.15, 0.2) is 65.6 Å². The van der Waals surface area contributed by atoms with Gasteiger partial charge in [0.05, 0.1) is 0 Å². The van der Waals surface area contributed by atoms with Crippen LogP contribution >= 0.6 is 11.8 Å². The standard InChI is InChI=1S/C23H26N2O2S/c26-22(11-16-28-19-9-5-2-6-10-19)24-12-14-25(15-13-24)23(27)21-17-20(21)18-7-3-1-4-8-18/h1-10,20-21H,11-17H2/t20-,21-/m1/s1. The van der Waals surface area contributed by atoms with Gasteiger partial charge in [0.2, 0.25) is 11.8 Å². The molecule has 0 aromatic heterocycles. The third kappa shape index (κ3) is 4.58. The maximum absolute atomic E-state index is 12.8. The van der Waals surface area contributed by atoms with E-state index >= 15 is 0 Å². The molecule has 0 bridgehead atoms. The minimum atomic E-state index is 0.131. The van der Waals surface area contributed by atoms with Gasteiger partial charge in [0.15, 0.2) is 0 Å². The predicted octanol–water partition coefficient (Wildman–Crippen LogP) is 3.64. The Morgan fingerprint density at radius 3 is 2.14 bits per heavy atom. The van der Waals surface area contributed by atoms with Gasteiger partial charge >= 0.3 is 0 Å². The van der Waals surface area contributed by atoms with Crippen LogP contribution in [0.2, 0.25) is 0 Å². The summed E-state index contributed by atoms with van der Waals surface area (Å²) in [7, 11) is 0. The average Bonchev–Trinajstić information content (AvgIpc) is 3.56. The molecule has 2 atom stereocenters. The second-order valence-electron chi connectivity index (χ2n) is 7.48. The van der Waals surface area contributed by atoms with Crippen LogP contribution in [-0.2, 0) is 9.59 Å². The van der Waals surface area contributed by atoms with Crippen LogP contribution in [0, 0.1) is 5.92 Å². The first-order valence-corrected chi connectivity index (χ1v) is 11.0. The fourth-order valence-electron chi connectivity index (χ4n) is 3.88. The van der Waals surface area contributed by atoms with Crippen LogP contribution in [0.4, 0.5) is 0 Å². The molecule has 2 amide bonds. The Kier molecular flexibility index (Phi) is 6.01. The van der Waals surface area contributed by atoms with Gasteiger partial charge in [-0.2, -0.15) is 0 Å². The van der Waals surface area contributed by atoms with E-state index < -0.39 is 0 Å². The monoisotopic (exact) mass is 394 g/mol. The lowest BCUT2D eigenvalue weighted by Crippen LogP contribution is -2.51. The first-order chi connectivity index (χ1) is 13.7. The van der Waals surface area contributed by atoms with Crippen molar-refractivity contribution in [2.75, 3.05) is 31.9 Å². The smallest absolute Gasteiger partial charge is 0.226 e. The van der Waals surface area contributed by atoms with Crippen molar-refractivity contribution in [3.63, 3.8) is 0 Å². The fourth-order valence-corrected chi connectivity index (χ4v) is 4.74. The molecule has 1 aliphatic carbocycles. The number of hydrogen-bond donors (Lipinski definition) is 0. The SMILES string of the molecule is O=C(CCSc1ccccc1)N1CCN(C(=O)[C@@H]2C[C@@H]2c2ccccc2)CC1. The largest absolute Gasteiger partial charge is 0.339 e. The molecule has 0 N–H and O–H groups in total. The average molecular weight is 395 g/mol. The normalized spacial score (nSPS) is 21.4. The molecule has 4 nitrogen and oxygen atoms in total. The van der Waals surface area contributed by atoms with E-state index in [0.29, 0.717) is 38.5 Å². The molecule has 0 spiro atoms. The lowest BCUT2D eigenvalue weighted by Gasteiger charge is -2.35. The molecule has 1 saturated heterocycles. The van der Waals surface area contributed by atoms with Crippen molar-refractivity contribution < 1.29 is 9.59 Å². The van der Waals surface area contributed by atoms with Crippen LogP contribution in [0.25, 0.3) is 0 Å². The second-order valence-corrected chi connectivity index (χ2v) is 8.65. The summed E-state index contributed by atoms with van der Waals surface area (Å²) in [4.78, 5) is 30.3. The Hall–Kier alpha value is -2.27. The lowest BCUT2D eigenvalue weighted by atomic mass is 10.1. The summed E-state index contributed by atoms with van der Waals surface area (Å²) in [5.41, 5.74) is 1.27. The topological polar surface area (TPSA) is 40.6 Å². The van der Waals surface area contributed by atoms with Gasteiger partial charge in [-0.1, -0.05) is 48.5 Å². The van der Waals surface area contributed by atoms with Crippen molar-refractivity contribution in [1.29, 1.82) is 0 Å². The first-order valence-electron chi connectivity index (χ1n) is 10.0. The predicted molar refractivity (Wildman–Crippen MR) is 112 cm³/mol. The number of thioether (sulfide) groups is 1. The zero-order valence-electron chi connectivity index (χ0n) is 16.0. The molecule has 2 aromatic carbocycles. The zero-order chi connectivity index (χ0) is 19.3. The highest BCUT2D eigenvalue weighted by Crippen LogP contribution is 2.48. The number of benzene rings is 2. The van der Waals surface area contributed by atoms with Crippen molar-refractivity contribution in [1.82, 2.24) is 9.80 Å². The molecule has 146 valence electrons. The summed E-state index contributed by atoms with van der Waals surface area (Å²) < 4.78 is 0. The Balaban J connectivity index is 1.19. The van der Waals surface area contributed by atoms with Crippen LogP contribution < -0.4 is 0 Å². The summed E-state index contributed by atoms with van der Waals surface area (Å²) in [5.74, 6) is 1.77. The van der Waals surface area contributed by atoms with Gasteiger partial charge in [-0.05, 0) is 30.0 Å². The lowest BCUT2D eigenvalue weighted by molar-refractivity contribution is -0.140. The molecule has 1 aliphatic heterocycles.